The average Bonchev–Trinajstić information content (AvgIpc) is 2.54. The molecule has 1 heterocycles. The molecule has 1 amide bonds. The Morgan fingerprint density at radius 1 is 1.27 bits per heavy atom. The van der Waals surface area contributed by atoms with E-state index in [0.717, 1.165) is 13.1 Å². The van der Waals surface area contributed by atoms with Crippen molar-refractivity contribution >= 4 is 11.6 Å². The van der Waals surface area contributed by atoms with E-state index in [0.29, 0.717) is 51.0 Å². The van der Waals surface area contributed by atoms with Gasteiger partial charge in [-0.1, -0.05) is 12.1 Å². The quantitative estimate of drug-likeness (QED) is 0.735. The van der Waals surface area contributed by atoms with Crippen LogP contribution >= 0.6 is 0 Å². The highest BCUT2D eigenvalue weighted by Gasteiger charge is 2.15. The summed E-state index contributed by atoms with van der Waals surface area (Å²) in [5.74, 6) is 0.625. The second-order valence-electron chi connectivity index (χ2n) is 4.98. The van der Waals surface area contributed by atoms with Gasteiger partial charge in [0.2, 0.25) is 5.91 Å². The maximum absolute atomic E-state index is 12.1. The van der Waals surface area contributed by atoms with Gasteiger partial charge in [-0.15, -0.1) is 0 Å². The Morgan fingerprint density at radius 3 is 2.82 bits per heavy atom. The van der Waals surface area contributed by atoms with Gasteiger partial charge in [-0.2, -0.15) is 0 Å². The van der Waals surface area contributed by atoms with Gasteiger partial charge >= 0.3 is 0 Å². The highest BCUT2D eigenvalue weighted by Crippen LogP contribution is 2.23. The van der Waals surface area contributed by atoms with Gasteiger partial charge < -0.3 is 19.5 Å². The Morgan fingerprint density at radius 2 is 2.05 bits per heavy atom. The van der Waals surface area contributed by atoms with Crippen LogP contribution in [0.5, 0.6) is 5.75 Å². The zero-order chi connectivity index (χ0) is 15.6. The predicted octanol–water partition coefficient (Wildman–Crippen LogP) is 1.37. The number of anilines is 1. The SMILES string of the molecule is CCOCCOc1ccccc1NC(=O)CN1CCOCC1. The second-order valence-corrected chi connectivity index (χ2v) is 4.98. The van der Waals surface area contributed by atoms with Crippen molar-refractivity contribution in [2.75, 3.05) is 58.0 Å². The van der Waals surface area contributed by atoms with Crippen LogP contribution in [0.2, 0.25) is 0 Å². The molecule has 6 nitrogen and oxygen atoms in total. The lowest BCUT2D eigenvalue weighted by Crippen LogP contribution is -2.41. The Bertz CT molecular complexity index is 461. The summed E-state index contributed by atoms with van der Waals surface area (Å²) < 4.78 is 16.2. The molecule has 122 valence electrons. The Hall–Kier alpha value is -1.63. The lowest BCUT2D eigenvalue weighted by molar-refractivity contribution is -0.118. The van der Waals surface area contributed by atoms with Crippen molar-refractivity contribution in [1.29, 1.82) is 0 Å². The number of carbonyl (C=O) groups excluding carboxylic acids is 1. The molecule has 0 radical (unpaired) electrons. The molecule has 1 N–H and O–H groups in total. The molecular weight excluding hydrogens is 284 g/mol. The van der Waals surface area contributed by atoms with Crippen molar-refractivity contribution in [3.8, 4) is 5.75 Å². The first-order chi connectivity index (χ1) is 10.8. The number of benzene rings is 1. The van der Waals surface area contributed by atoms with Gasteiger partial charge in [0.05, 0.1) is 32.1 Å². The fourth-order valence-electron chi connectivity index (χ4n) is 2.20. The fraction of sp³-hybridized carbons (Fsp3) is 0.562. The first-order valence-electron chi connectivity index (χ1n) is 7.69. The minimum absolute atomic E-state index is 0.0391. The molecule has 1 fully saturated rings. The first kappa shape index (κ1) is 16.7. The molecule has 0 atom stereocenters. The molecule has 1 aliphatic heterocycles. The molecule has 0 unspecified atom stereocenters. The summed E-state index contributed by atoms with van der Waals surface area (Å²) in [6.07, 6.45) is 0. The van der Waals surface area contributed by atoms with Crippen LogP contribution in [0.15, 0.2) is 24.3 Å². The summed E-state index contributed by atoms with van der Waals surface area (Å²) in [4.78, 5) is 14.2. The van der Waals surface area contributed by atoms with Crippen LogP contribution in [-0.4, -0.2) is 63.5 Å². The molecule has 0 aliphatic carbocycles. The standard InChI is InChI=1S/C16H24N2O4/c1-2-20-11-12-22-15-6-4-3-5-14(15)17-16(19)13-18-7-9-21-10-8-18/h3-6H,2,7-13H2,1H3,(H,17,19). The zero-order valence-electron chi connectivity index (χ0n) is 13.0. The van der Waals surface area contributed by atoms with Crippen LogP contribution in [0.25, 0.3) is 0 Å². The van der Waals surface area contributed by atoms with Gasteiger partial charge in [0, 0.05) is 19.7 Å². The van der Waals surface area contributed by atoms with E-state index in [-0.39, 0.29) is 5.91 Å². The Balaban J connectivity index is 1.83. The third-order valence-electron chi connectivity index (χ3n) is 3.32. The van der Waals surface area contributed by atoms with E-state index in [9.17, 15) is 4.79 Å². The number of hydrogen-bond acceptors (Lipinski definition) is 5. The van der Waals surface area contributed by atoms with Gasteiger partial charge in [-0.3, -0.25) is 9.69 Å². The van der Waals surface area contributed by atoms with E-state index >= 15 is 0 Å². The predicted molar refractivity (Wildman–Crippen MR) is 84.3 cm³/mol. The van der Waals surface area contributed by atoms with Crippen LogP contribution in [0.1, 0.15) is 6.92 Å². The first-order valence-corrected chi connectivity index (χ1v) is 7.69. The maximum Gasteiger partial charge on any atom is 0.238 e. The number of rotatable bonds is 8. The number of para-hydroxylation sites is 2. The number of hydrogen-bond donors (Lipinski definition) is 1. The number of ether oxygens (including phenoxy) is 3. The molecule has 0 aromatic heterocycles. The van der Waals surface area contributed by atoms with E-state index in [4.69, 9.17) is 14.2 Å². The van der Waals surface area contributed by atoms with Crippen LogP contribution in [0, 0.1) is 0 Å². The highest BCUT2D eigenvalue weighted by molar-refractivity contribution is 5.93. The summed E-state index contributed by atoms with van der Waals surface area (Å²) in [5.41, 5.74) is 0.692. The molecule has 2 rings (SSSR count). The molecule has 1 saturated heterocycles. The van der Waals surface area contributed by atoms with E-state index in [2.05, 4.69) is 10.2 Å². The molecule has 1 aliphatic rings. The highest BCUT2D eigenvalue weighted by atomic mass is 16.5. The average molecular weight is 308 g/mol. The van der Waals surface area contributed by atoms with Crippen molar-refractivity contribution in [3.63, 3.8) is 0 Å². The number of nitrogens with one attached hydrogen (secondary N) is 1. The molecule has 0 saturated carbocycles. The number of amides is 1. The molecule has 0 bridgehead atoms. The normalized spacial score (nSPS) is 15.5. The monoisotopic (exact) mass is 308 g/mol. The summed E-state index contributed by atoms with van der Waals surface area (Å²) >= 11 is 0. The number of nitrogens with zero attached hydrogens (tertiary/aromatic N) is 1. The zero-order valence-corrected chi connectivity index (χ0v) is 13.0. The topological polar surface area (TPSA) is 60.0 Å². The van der Waals surface area contributed by atoms with Crippen LogP contribution in [0.4, 0.5) is 5.69 Å². The van der Waals surface area contributed by atoms with Crippen molar-refractivity contribution in [2.24, 2.45) is 0 Å². The van der Waals surface area contributed by atoms with Crippen LogP contribution in [-0.2, 0) is 14.3 Å². The lowest BCUT2D eigenvalue weighted by Gasteiger charge is -2.25. The third-order valence-corrected chi connectivity index (χ3v) is 3.32. The van der Waals surface area contributed by atoms with Crippen LogP contribution in [0.3, 0.4) is 0 Å². The molecule has 1 aromatic carbocycles. The smallest absolute Gasteiger partial charge is 0.238 e. The van der Waals surface area contributed by atoms with Crippen molar-refractivity contribution < 1.29 is 19.0 Å². The third kappa shape index (κ3) is 5.63. The molecular formula is C16H24N2O4. The lowest BCUT2D eigenvalue weighted by atomic mass is 10.3. The number of carbonyl (C=O) groups is 1. The van der Waals surface area contributed by atoms with Gasteiger partial charge in [0.25, 0.3) is 0 Å². The van der Waals surface area contributed by atoms with Gasteiger partial charge in [0.1, 0.15) is 12.4 Å². The summed E-state index contributed by atoms with van der Waals surface area (Å²) in [6.45, 7) is 6.93. The molecule has 6 heteroatoms. The van der Waals surface area contributed by atoms with Crippen molar-refractivity contribution in [3.05, 3.63) is 24.3 Å². The molecule has 0 spiro atoms. The maximum atomic E-state index is 12.1. The van der Waals surface area contributed by atoms with Gasteiger partial charge in [-0.25, -0.2) is 0 Å². The van der Waals surface area contributed by atoms with Gasteiger partial charge in [0.15, 0.2) is 0 Å². The summed E-state index contributed by atoms with van der Waals surface area (Å²) in [7, 11) is 0. The largest absolute Gasteiger partial charge is 0.489 e. The minimum Gasteiger partial charge on any atom is -0.489 e. The summed E-state index contributed by atoms with van der Waals surface area (Å²) in [5, 5.41) is 2.91. The van der Waals surface area contributed by atoms with Crippen molar-refractivity contribution in [1.82, 2.24) is 4.90 Å². The van der Waals surface area contributed by atoms with E-state index < -0.39 is 0 Å². The molecule has 1 aromatic rings. The minimum atomic E-state index is -0.0391. The van der Waals surface area contributed by atoms with Crippen molar-refractivity contribution in [2.45, 2.75) is 6.92 Å². The van der Waals surface area contributed by atoms with E-state index in [1.165, 1.54) is 0 Å². The van der Waals surface area contributed by atoms with Gasteiger partial charge in [-0.05, 0) is 19.1 Å². The van der Waals surface area contributed by atoms with E-state index in [1.807, 2.05) is 31.2 Å². The Labute approximate surface area is 131 Å². The fourth-order valence-corrected chi connectivity index (χ4v) is 2.20. The Kier molecular flexibility index (Phi) is 7.15. The second kappa shape index (κ2) is 9.40. The molecule has 22 heavy (non-hydrogen) atoms. The number of morpholine rings is 1. The van der Waals surface area contributed by atoms with E-state index in [1.54, 1.807) is 0 Å². The summed E-state index contributed by atoms with van der Waals surface area (Å²) in [6, 6.07) is 7.44. The van der Waals surface area contributed by atoms with Crippen LogP contribution < -0.4 is 10.1 Å².